The van der Waals surface area contributed by atoms with Gasteiger partial charge in [-0.25, -0.2) is 4.98 Å². The van der Waals surface area contributed by atoms with Crippen molar-refractivity contribution in [1.82, 2.24) is 9.88 Å². The summed E-state index contributed by atoms with van der Waals surface area (Å²) in [6.07, 6.45) is 4.24. The fourth-order valence-corrected chi connectivity index (χ4v) is 3.47. The number of fused-ring (bicyclic) bond motifs is 3. The van der Waals surface area contributed by atoms with Gasteiger partial charge in [-0.3, -0.25) is 4.90 Å². The summed E-state index contributed by atoms with van der Waals surface area (Å²) in [4.78, 5) is 6.87. The molecule has 78 valence electrons. The molecule has 4 rings (SSSR count). The molecule has 3 aliphatic heterocycles. The van der Waals surface area contributed by atoms with Gasteiger partial charge in [0.15, 0.2) is 0 Å². The fraction of sp³-hybridized carbons (Fsp3) is 0.583. The lowest BCUT2D eigenvalue weighted by Gasteiger charge is -2.35. The second-order valence-corrected chi connectivity index (χ2v) is 4.93. The first kappa shape index (κ1) is 8.11. The number of hydrogen-bond donors (Lipinski definition) is 0. The van der Waals surface area contributed by atoms with Crippen molar-refractivity contribution in [3.8, 4) is 5.88 Å². The zero-order valence-corrected chi connectivity index (χ0v) is 8.65. The van der Waals surface area contributed by atoms with Gasteiger partial charge in [0.25, 0.3) is 0 Å². The van der Waals surface area contributed by atoms with Gasteiger partial charge in [0.05, 0.1) is 0 Å². The van der Waals surface area contributed by atoms with Gasteiger partial charge < -0.3 is 4.74 Å². The quantitative estimate of drug-likeness (QED) is 0.636. The number of pyridine rings is 1. The van der Waals surface area contributed by atoms with E-state index in [2.05, 4.69) is 16.0 Å². The molecule has 3 atom stereocenters. The normalized spacial score (nSPS) is 40.8. The number of rotatable bonds is 0. The van der Waals surface area contributed by atoms with Gasteiger partial charge in [-0.1, -0.05) is 6.07 Å². The van der Waals surface area contributed by atoms with Crippen molar-refractivity contribution in [3.05, 3.63) is 23.9 Å². The molecule has 0 amide bonds. The van der Waals surface area contributed by atoms with Gasteiger partial charge >= 0.3 is 0 Å². The Morgan fingerprint density at radius 1 is 1.47 bits per heavy atom. The van der Waals surface area contributed by atoms with Crippen LogP contribution in [0.4, 0.5) is 0 Å². The van der Waals surface area contributed by atoms with E-state index < -0.39 is 0 Å². The second-order valence-electron chi connectivity index (χ2n) is 4.93. The SMILES string of the molecule is c1cnc2c(c1)[C@H]1CCN3CC[C@]1(C3)O2. The molecule has 0 radical (unpaired) electrons. The molecule has 0 saturated carbocycles. The van der Waals surface area contributed by atoms with E-state index in [1.807, 2.05) is 12.3 Å². The minimum absolute atomic E-state index is 0.0783. The van der Waals surface area contributed by atoms with E-state index in [9.17, 15) is 0 Å². The van der Waals surface area contributed by atoms with Gasteiger partial charge in [0.1, 0.15) is 5.60 Å². The third-order valence-corrected chi connectivity index (χ3v) is 4.19. The second kappa shape index (κ2) is 2.53. The largest absolute Gasteiger partial charge is 0.469 e. The molecule has 1 aromatic heterocycles. The molecular weight excluding hydrogens is 188 g/mol. The van der Waals surface area contributed by atoms with Crippen LogP contribution in [0.5, 0.6) is 5.88 Å². The molecule has 3 nitrogen and oxygen atoms in total. The van der Waals surface area contributed by atoms with Gasteiger partial charge in [-0.2, -0.15) is 0 Å². The summed E-state index contributed by atoms with van der Waals surface area (Å²) in [6.45, 7) is 3.53. The van der Waals surface area contributed by atoms with Gasteiger partial charge in [-0.05, 0) is 19.0 Å². The van der Waals surface area contributed by atoms with Crippen molar-refractivity contribution in [3.63, 3.8) is 0 Å². The number of nitrogens with zero attached hydrogens (tertiary/aromatic N) is 2. The zero-order chi connectivity index (χ0) is 9.88. The van der Waals surface area contributed by atoms with Gasteiger partial charge in [-0.15, -0.1) is 0 Å². The Hall–Kier alpha value is -1.09. The Bertz CT molecular complexity index is 420. The highest BCUT2D eigenvalue weighted by Gasteiger charge is 2.55. The molecular formula is C12H14N2O. The van der Waals surface area contributed by atoms with E-state index in [4.69, 9.17) is 4.74 Å². The van der Waals surface area contributed by atoms with Crippen LogP contribution in [0.2, 0.25) is 0 Å². The number of aromatic nitrogens is 1. The van der Waals surface area contributed by atoms with Crippen LogP contribution in [0.25, 0.3) is 0 Å². The monoisotopic (exact) mass is 202 g/mol. The standard InChI is InChI=1S/C12H14N2O/c1-2-9-10-3-6-14-7-4-12(10,8-14)15-11(9)13-5-1/h1-2,5,10H,3-4,6-8H2/t10-,12-/m1/s1. The molecule has 4 heterocycles. The van der Waals surface area contributed by atoms with Crippen LogP contribution in [-0.4, -0.2) is 35.1 Å². The maximum atomic E-state index is 6.14. The van der Waals surface area contributed by atoms with Crippen molar-refractivity contribution in [2.24, 2.45) is 0 Å². The predicted molar refractivity (Wildman–Crippen MR) is 56.0 cm³/mol. The molecule has 1 unspecified atom stereocenters. The zero-order valence-electron chi connectivity index (χ0n) is 8.65. The molecule has 1 aromatic rings. The van der Waals surface area contributed by atoms with Crippen molar-refractivity contribution in [2.45, 2.75) is 24.4 Å². The van der Waals surface area contributed by atoms with Crippen molar-refractivity contribution < 1.29 is 4.74 Å². The van der Waals surface area contributed by atoms with Crippen LogP contribution >= 0.6 is 0 Å². The minimum atomic E-state index is 0.0783. The van der Waals surface area contributed by atoms with Gasteiger partial charge in [0.2, 0.25) is 5.88 Å². The highest BCUT2D eigenvalue weighted by molar-refractivity contribution is 5.39. The third kappa shape index (κ3) is 0.918. The maximum absolute atomic E-state index is 6.14. The Balaban J connectivity index is 1.86. The summed E-state index contributed by atoms with van der Waals surface area (Å²) in [6, 6.07) is 4.22. The summed E-state index contributed by atoms with van der Waals surface area (Å²) in [7, 11) is 0. The van der Waals surface area contributed by atoms with Crippen LogP contribution in [0.1, 0.15) is 24.3 Å². The molecule has 0 aliphatic carbocycles. The van der Waals surface area contributed by atoms with Crippen molar-refractivity contribution >= 4 is 0 Å². The molecule has 0 aromatic carbocycles. The minimum Gasteiger partial charge on any atom is -0.469 e. The smallest absolute Gasteiger partial charge is 0.217 e. The topological polar surface area (TPSA) is 25.4 Å². The lowest BCUT2D eigenvalue weighted by Crippen LogP contribution is -2.45. The molecule has 3 heteroatoms. The molecule has 3 aliphatic rings. The third-order valence-electron chi connectivity index (χ3n) is 4.19. The Morgan fingerprint density at radius 3 is 3.47 bits per heavy atom. The van der Waals surface area contributed by atoms with E-state index in [0.717, 1.165) is 12.4 Å². The Labute approximate surface area is 89.1 Å². The Morgan fingerprint density at radius 2 is 2.47 bits per heavy atom. The molecule has 0 N–H and O–H groups in total. The van der Waals surface area contributed by atoms with Crippen LogP contribution in [0.3, 0.4) is 0 Å². The number of hydrogen-bond acceptors (Lipinski definition) is 3. The first-order valence-electron chi connectivity index (χ1n) is 5.74. The fourth-order valence-electron chi connectivity index (χ4n) is 3.47. The van der Waals surface area contributed by atoms with Crippen LogP contribution in [-0.2, 0) is 0 Å². The van der Waals surface area contributed by atoms with Crippen LogP contribution in [0, 0.1) is 0 Å². The van der Waals surface area contributed by atoms with Crippen LogP contribution < -0.4 is 4.74 Å². The number of ether oxygens (including phenoxy) is 1. The number of piperidine rings is 1. The molecule has 2 fully saturated rings. The molecule has 2 bridgehead atoms. The average Bonchev–Trinajstić information content (AvgIpc) is 2.76. The molecule has 2 saturated heterocycles. The summed E-state index contributed by atoms with van der Waals surface area (Å²) >= 11 is 0. The van der Waals surface area contributed by atoms with Crippen LogP contribution in [0.15, 0.2) is 18.3 Å². The van der Waals surface area contributed by atoms with E-state index in [-0.39, 0.29) is 5.60 Å². The lowest BCUT2D eigenvalue weighted by molar-refractivity contribution is 0.0475. The summed E-state index contributed by atoms with van der Waals surface area (Å²) in [5.74, 6) is 1.49. The highest BCUT2D eigenvalue weighted by Crippen LogP contribution is 2.52. The average molecular weight is 202 g/mol. The molecule has 15 heavy (non-hydrogen) atoms. The summed E-state index contributed by atoms with van der Waals surface area (Å²) in [5, 5.41) is 0. The van der Waals surface area contributed by atoms with E-state index in [1.165, 1.54) is 31.5 Å². The lowest BCUT2D eigenvalue weighted by atomic mass is 9.80. The Kier molecular flexibility index (Phi) is 1.37. The van der Waals surface area contributed by atoms with Gasteiger partial charge in [0, 0.05) is 37.2 Å². The highest BCUT2D eigenvalue weighted by atomic mass is 16.5. The predicted octanol–water partition coefficient (Wildman–Crippen LogP) is 1.41. The summed E-state index contributed by atoms with van der Waals surface area (Å²) < 4.78 is 6.14. The maximum Gasteiger partial charge on any atom is 0.217 e. The molecule has 1 spiro atoms. The van der Waals surface area contributed by atoms with Crippen molar-refractivity contribution in [1.29, 1.82) is 0 Å². The van der Waals surface area contributed by atoms with Crippen molar-refractivity contribution in [2.75, 3.05) is 19.6 Å². The first-order valence-corrected chi connectivity index (χ1v) is 5.74. The first-order chi connectivity index (χ1) is 7.37. The van der Waals surface area contributed by atoms with E-state index in [0.29, 0.717) is 5.92 Å². The van der Waals surface area contributed by atoms with E-state index >= 15 is 0 Å². The summed E-state index contributed by atoms with van der Waals surface area (Å²) in [5.41, 5.74) is 1.42. The van der Waals surface area contributed by atoms with E-state index in [1.54, 1.807) is 0 Å².